The Bertz CT molecular complexity index is 640. The molecule has 2 aliphatic rings. The second kappa shape index (κ2) is 5.27. The summed E-state index contributed by atoms with van der Waals surface area (Å²) in [5.74, 6) is 0.674. The molecule has 21 heavy (non-hydrogen) atoms. The van der Waals surface area contributed by atoms with Gasteiger partial charge in [-0.15, -0.1) is 5.10 Å². The summed E-state index contributed by atoms with van der Waals surface area (Å²) in [6.07, 6.45) is 4.76. The molecular formula is C15H21N5O. The van der Waals surface area contributed by atoms with Crippen molar-refractivity contribution in [2.45, 2.75) is 31.9 Å². The van der Waals surface area contributed by atoms with Gasteiger partial charge in [-0.3, -0.25) is 4.90 Å². The molecule has 0 radical (unpaired) electrons. The van der Waals surface area contributed by atoms with Gasteiger partial charge in [-0.2, -0.15) is 4.98 Å². The summed E-state index contributed by atoms with van der Waals surface area (Å²) in [5, 5.41) is 7.74. The summed E-state index contributed by atoms with van der Waals surface area (Å²) in [7, 11) is 0. The van der Waals surface area contributed by atoms with Crippen LogP contribution in [0.3, 0.4) is 0 Å². The van der Waals surface area contributed by atoms with Crippen LogP contribution >= 0.6 is 0 Å². The van der Waals surface area contributed by atoms with Crippen LogP contribution in [0.15, 0.2) is 18.3 Å². The number of aryl methyl sites for hydroxylation is 1. The van der Waals surface area contributed by atoms with Crippen LogP contribution in [0.4, 0.5) is 5.95 Å². The molecule has 2 saturated heterocycles. The fraction of sp³-hybridized carbons (Fsp3) is 0.600. The molecule has 6 nitrogen and oxygen atoms in total. The molecule has 2 fully saturated rings. The van der Waals surface area contributed by atoms with Crippen molar-refractivity contribution in [3.8, 4) is 0 Å². The fourth-order valence-electron chi connectivity index (χ4n) is 3.27. The topological polar surface area (TPSA) is 54.7 Å². The van der Waals surface area contributed by atoms with Crippen molar-refractivity contribution in [1.29, 1.82) is 0 Å². The second-order valence-electron chi connectivity index (χ2n) is 6.07. The van der Waals surface area contributed by atoms with Gasteiger partial charge in [0.2, 0.25) is 5.95 Å². The summed E-state index contributed by atoms with van der Waals surface area (Å²) in [4.78, 5) is 7.05. The smallest absolute Gasteiger partial charge is 0.243 e. The Morgan fingerprint density at radius 3 is 3.38 bits per heavy atom. The van der Waals surface area contributed by atoms with Crippen LogP contribution < -0.4 is 5.32 Å². The first-order chi connectivity index (χ1) is 10.3. The van der Waals surface area contributed by atoms with Crippen molar-refractivity contribution in [3.63, 3.8) is 0 Å². The number of pyridine rings is 1. The lowest BCUT2D eigenvalue weighted by Crippen LogP contribution is -2.48. The SMILES string of the molecule is Cc1ccn2nc(NCC3CN4CCCC4CO3)nc2c1. The Morgan fingerprint density at radius 1 is 1.48 bits per heavy atom. The average Bonchev–Trinajstić information content (AvgIpc) is 3.09. The van der Waals surface area contributed by atoms with Gasteiger partial charge in [-0.05, 0) is 44.0 Å². The Balaban J connectivity index is 1.39. The van der Waals surface area contributed by atoms with Crippen molar-refractivity contribution in [2.75, 3.05) is 31.6 Å². The highest BCUT2D eigenvalue weighted by Crippen LogP contribution is 2.22. The lowest BCUT2D eigenvalue weighted by Gasteiger charge is -2.35. The number of hydrogen-bond donors (Lipinski definition) is 1. The van der Waals surface area contributed by atoms with Crippen LogP contribution in [0.1, 0.15) is 18.4 Å². The molecule has 112 valence electrons. The molecular weight excluding hydrogens is 266 g/mol. The second-order valence-corrected chi connectivity index (χ2v) is 6.07. The van der Waals surface area contributed by atoms with Gasteiger partial charge in [-0.25, -0.2) is 4.52 Å². The molecule has 0 spiro atoms. The maximum atomic E-state index is 5.94. The van der Waals surface area contributed by atoms with Gasteiger partial charge < -0.3 is 10.1 Å². The Labute approximate surface area is 124 Å². The van der Waals surface area contributed by atoms with Gasteiger partial charge in [0, 0.05) is 25.3 Å². The zero-order valence-electron chi connectivity index (χ0n) is 12.3. The minimum atomic E-state index is 0.229. The van der Waals surface area contributed by atoms with Gasteiger partial charge in [0.25, 0.3) is 0 Å². The van der Waals surface area contributed by atoms with E-state index in [0.29, 0.717) is 12.0 Å². The number of aromatic nitrogens is 3. The van der Waals surface area contributed by atoms with E-state index in [-0.39, 0.29) is 6.10 Å². The first-order valence-electron chi connectivity index (χ1n) is 7.70. The maximum Gasteiger partial charge on any atom is 0.243 e. The Morgan fingerprint density at radius 2 is 2.43 bits per heavy atom. The van der Waals surface area contributed by atoms with Crippen molar-refractivity contribution in [3.05, 3.63) is 23.9 Å². The number of anilines is 1. The van der Waals surface area contributed by atoms with Crippen LogP contribution in [0.2, 0.25) is 0 Å². The Kier molecular flexibility index (Phi) is 3.27. The summed E-state index contributed by atoms with van der Waals surface area (Å²) < 4.78 is 7.74. The van der Waals surface area contributed by atoms with Gasteiger partial charge in [-0.1, -0.05) is 0 Å². The average molecular weight is 287 g/mol. The summed E-state index contributed by atoms with van der Waals surface area (Å²) in [6.45, 7) is 5.92. The molecule has 2 unspecified atom stereocenters. The van der Waals surface area contributed by atoms with E-state index in [1.165, 1.54) is 24.9 Å². The number of ether oxygens (including phenoxy) is 1. The van der Waals surface area contributed by atoms with Gasteiger partial charge >= 0.3 is 0 Å². The first kappa shape index (κ1) is 13.0. The first-order valence-corrected chi connectivity index (χ1v) is 7.70. The summed E-state index contributed by atoms with van der Waals surface area (Å²) >= 11 is 0. The highest BCUT2D eigenvalue weighted by Gasteiger charge is 2.32. The number of morpholine rings is 1. The monoisotopic (exact) mass is 287 g/mol. The molecule has 6 heteroatoms. The standard InChI is InChI=1S/C15H21N5O/c1-11-4-6-20-14(7-11)17-15(18-20)16-8-13-9-19-5-2-3-12(19)10-21-13/h4,6-7,12-13H,2-3,5,8-10H2,1H3,(H,16,18). The summed E-state index contributed by atoms with van der Waals surface area (Å²) in [6, 6.07) is 4.71. The molecule has 0 aromatic carbocycles. The number of hydrogen-bond acceptors (Lipinski definition) is 5. The molecule has 2 aliphatic heterocycles. The van der Waals surface area contributed by atoms with Crippen molar-refractivity contribution >= 4 is 11.6 Å². The zero-order valence-corrected chi connectivity index (χ0v) is 12.3. The molecule has 0 aliphatic carbocycles. The maximum absolute atomic E-state index is 5.94. The normalized spacial score (nSPS) is 26.1. The van der Waals surface area contributed by atoms with Crippen LogP contribution in [0, 0.1) is 6.92 Å². The van der Waals surface area contributed by atoms with Crippen LogP contribution in [0.25, 0.3) is 5.65 Å². The number of nitrogens with one attached hydrogen (secondary N) is 1. The van der Waals surface area contributed by atoms with Crippen LogP contribution in [-0.2, 0) is 4.74 Å². The minimum Gasteiger partial charge on any atom is -0.373 e. The van der Waals surface area contributed by atoms with E-state index < -0.39 is 0 Å². The molecule has 0 bridgehead atoms. The lowest BCUT2D eigenvalue weighted by atomic mass is 10.2. The molecule has 2 aromatic heterocycles. The Hall–Kier alpha value is -1.66. The molecule has 0 saturated carbocycles. The van der Waals surface area contributed by atoms with E-state index in [1.54, 1.807) is 4.52 Å². The van der Waals surface area contributed by atoms with E-state index in [9.17, 15) is 0 Å². The predicted molar refractivity (Wildman–Crippen MR) is 80.5 cm³/mol. The van der Waals surface area contributed by atoms with E-state index >= 15 is 0 Å². The molecule has 2 atom stereocenters. The number of fused-ring (bicyclic) bond motifs is 2. The molecule has 1 N–H and O–H groups in total. The van der Waals surface area contributed by atoms with Gasteiger partial charge in [0.05, 0.1) is 12.7 Å². The van der Waals surface area contributed by atoms with E-state index in [1.807, 2.05) is 18.3 Å². The van der Waals surface area contributed by atoms with E-state index in [0.717, 1.165) is 25.3 Å². The largest absolute Gasteiger partial charge is 0.373 e. The van der Waals surface area contributed by atoms with Crippen molar-refractivity contribution in [2.24, 2.45) is 0 Å². The highest BCUT2D eigenvalue weighted by atomic mass is 16.5. The highest BCUT2D eigenvalue weighted by molar-refractivity contribution is 5.45. The number of rotatable bonds is 3. The minimum absolute atomic E-state index is 0.229. The van der Waals surface area contributed by atoms with Gasteiger partial charge in [0.1, 0.15) is 0 Å². The molecule has 4 heterocycles. The molecule has 2 aromatic rings. The predicted octanol–water partition coefficient (Wildman–Crippen LogP) is 1.31. The van der Waals surface area contributed by atoms with Crippen molar-refractivity contribution in [1.82, 2.24) is 19.5 Å². The third-order valence-electron chi connectivity index (χ3n) is 4.44. The third-order valence-corrected chi connectivity index (χ3v) is 4.44. The lowest BCUT2D eigenvalue weighted by molar-refractivity contribution is -0.0416. The van der Waals surface area contributed by atoms with E-state index in [4.69, 9.17) is 4.74 Å². The quantitative estimate of drug-likeness (QED) is 0.922. The molecule has 0 amide bonds. The third kappa shape index (κ3) is 2.61. The van der Waals surface area contributed by atoms with Crippen LogP contribution in [-0.4, -0.2) is 57.9 Å². The summed E-state index contributed by atoms with van der Waals surface area (Å²) in [5.41, 5.74) is 2.07. The zero-order chi connectivity index (χ0) is 14.2. The number of nitrogens with zero attached hydrogens (tertiary/aromatic N) is 4. The van der Waals surface area contributed by atoms with Gasteiger partial charge in [0.15, 0.2) is 5.65 Å². The van der Waals surface area contributed by atoms with Crippen LogP contribution in [0.5, 0.6) is 0 Å². The van der Waals surface area contributed by atoms with E-state index in [2.05, 4.69) is 27.2 Å². The van der Waals surface area contributed by atoms with Crippen molar-refractivity contribution < 1.29 is 4.74 Å². The fourth-order valence-corrected chi connectivity index (χ4v) is 3.27. The molecule has 4 rings (SSSR count).